The van der Waals surface area contributed by atoms with E-state index < -0.39 is 0 Å². The smallest absolute Gasteiger partial charge is 0.191 e. The number of imidazole rings is 1. The number of anilines is 1. The van der Waals surface area contributed by atoms with Crippen molar-refractivity contribution in [2.75, 3.05) is 25.0 Å². The molecule has 0 radical (unpaired) electrons. The van der Waals surface area contributed by atoms with Gasteiger partial charge in [-0.25, -0.2) is 4.98 Å². The van der Waals surface area contributed by atoms with E-state index in [2.05, 4.69) is 85.5 Å². The number of nitrogens with one attached hydrogen (secondary N) is 2. The first-order valence-electron chi connectivity index (χ1n) is 9.43. The number of aliphatic imine (C=N–C) groups is 1. The van der Waals surface area contributed by atoms with Crippen LogP contribution in [0.3, 0.4) is 0 Å². The lowest BCUT2D eigenvalue weighted by molar-refractivity contribution is 0.647. The van der Waals surface area contributed by atoms with Gasteiger partial charge in [-0.05, 0) is 43.2 Å². The summed E-state index contributed by atoms with van der Waals surface area (Å²) >= 11 is 0. The Kier molecular flexibility index (Phi) is 6.77. The predicted molar refractivity (Wildman–Crippen MR) is 126 cm³/mol. The number of aromatic nitrogens is 2. The van der Waals surface area contributed by atoms with E-state index in [-0.39, 0.29) is 24.0 Å². The van der Waals surface area contributed by atoms with Crippen LogP contribution in [0.25, 0.3) is 5.65 Å². The Labute approximate surface area is 183 Å². The highest BCUT2D eigenvalue weighted by atomic mass is 127. The number of pyridine rings is 1. The van der Waals surface area contributed by atoms with Gasteiger partial charge in [0.2, 0.25) is 0 Å². The molecule has 0 saturated carbocycles. The maximum absolute atomic E-state index is 4.67. The quantitative estimate of drug-likeness (QED) is 0.335. The summed E-state index contributed by atoms with van der Waals surface area (Å²) in [5, 5.41) is 6.93. The standard InChI is InChI=1S/C21H26N6.HI/c1-16-8-10-27-15-18(24-20(27)12-16)13-23-21(22-2)25-17-9-11-26(14-17)19-6-4-3-5-7-19;/h3-8,10,12,15,17H,9,11,13-14H2,1-2H3,(H2,22,23,25);1H. The van der Waals surface area contributed by atoms with Gasteiger partial charge in [0.15, 0.2) is 5.96 Å². The molecule has 1 aliphatic heterocycles. The van der Waals surface area contributed by atoms with Crippen molar-refractivity contribution >= 4 is 41.3 Å². The van der Waals surface area contributed by atoms with Crippen molar-refractivity contribution < 1.29 is 0 Å². The molecule has 1 atom stereocenters. The molecule has 28 heavy (non-hydrogen) atoms. The molecule has 3 heterocycles. The molecular formula is C21H27IN6. The van der Waals surface area contributed by atoms with Gasteiger partial charge in [-0.1, -0.05) is 18.2 Å². The van der Waals surface area contributed by atoms with Gasteiger partial charge in [0.1, 0.15) is 5.65 Å². The zero-order valence-corrected chi connectivity index (χ0v) is 18.6. The molecule has 0 spiro atoms. The summed E-state index contributed by atoms with van der Waals surface area (Å²) in [6, 6.07) is 15.1. The van der Waals surface area contributed by atoms with E-state index >= 15 is 0 Å². The SMILES string of the molecule is CN=C(NCc1cn2ccc(C)cc2n1)NC1CCN(c2ccccc2)C1.I. The second kappa shape index (κ2) is 9.27. The van der Waals surface area contributed by atoms with E-state index in [4.69, 9.17) is 0 Å². The predicted octanol–water partition coefficient (Wildman–Crippen LogP) is 3.20. The Morgan fingerprint density at radius 2 is 2.07 bits per heavy atom. The Morgan fingerprint density at radius 3 is 2.86 bits per heavy atom. The van der Waals surface area contributed by atoms with Crippen LogP contribution < -0.4 is 15.5 Å². The highest BCUT2D eigenvalue weighted by Gasteiger charge is 2.23. The molecule has 6 nitrogen and oxygen atoms in total. The van der Waals surface area contributed by atoms with Crippen LogP contribution in [0, 0.1) is 6.92 Å². The van der Waals surface area contributed by atoms with Gasteiger partial charge in [-0.3, -0.25) is 4.99 Å². The maximum atomic E-state index is 4.67. The number of guanidine groups is 1. The number of hydrogen-bond donors (Lipinski definition) is 2. The second-order valence-electron chi connectivity index (χ2n) is 7.04. The zero-order valence-electron chi connectivity index (χ0n) is 16.3. The molecule has 1 unspecified atom stereocenters. The molecule has 1 fully saturated rings. The van der Waals surface area contributed by atoms with Gasteiger partial charge in [0, 0.05) is 44.3 Å². The fourth-order valence-corrected chi connectivity index (χ4v) is 3.54. The largest absolute Gasteiger partial charge is 0.369 e. The van der Waals surface area contributed by atoms with Gasteiger partial charge in [-0.15, -0.1) is 24.0 Å². The monoisotopic (exact) mass is 490 g/mol. The molecular weight excluding hydrogens is 463 g/mol. The molecule has 1 aromatic carbocycles. The van der Waals surface area contributed by atoms with Gasteiger partial charge < -0.3 is 19.9 Å². The van der Waals surface area contributed by atoms with Crippen LogP contribution in [-0.4, -0.2) is 41.5 Å². The van der Waals surface area contributed by atoms with Crippen molar-refractivity contribution in [1.82, 2.24) is 20.0 Å². The minimum atomic E-state index is 0. The summed E-state index contributed by atoms with van der Waals surface area (Å²) in [6.45, 7) is 4.77. The fraction of sp³-hybridized carbons (Fsp3) is 0.333. The lowest BCUT2D eigenvalue weighted by Crippen LogP contribution is -2.44. The van der Waals surface area contributed by atoms with E-state index in [1.807, 2.05) is 13.2 Å². The van der Waals surface area contributed by atoms with Gasteiger partial charge >= 0.3 is 0 Å². The Balaban J connectivity index is 0.00000225. The van der Waals surface area contributed by atoms with E-state index in [1.165, 1.54) is 11.3 Å². The number of fused-ring (bicyclic) bond motifs is 1. The first kappa shape index (κ1) is 20.4. The highest BCUT2D eigenvalue weighted by Crippen LogP contribution is 2.19. The van der Waals surface area contributed by atoms with Crippen LogP contribution in [0.5, 0.6) is 0 Å². The molecule has 4 rings (SSSR count). The van der Waals surface area contributed by atoms with Crippen LogP contribution in [0.15, 0.2) is 59.9 Å². The van der Waals surface area contributed by atoms with E-state index in [9.17, 15) is 0 Å². The number of rotatable bonds is 4. The summed E-state index contributed by atoms with van der Waals surface area (Å²) in [5.74, 6) is 0.822. The minimum absolute atomic E-state index is 0. The third kappa shape index (κ3) is 4.76. The van der Waals surface area contributed by atoms with E-state index in [0.717, 1.165) is 36.8 Å². The number of para-hydroxylation sites is 1. The van der Waals surface area contributed by atoms with Crippen LogP contribution in [0.1, 0.15) is 17.7 Å². The van der Waals surface area contributed by atoms with Crippen molar-refractivity contribution in [3.63, 3.8) is 0 Å². The van der Waals surface area contributed by atoms with Gasteiger partial charge in [0.25, 0.3) is 0 Å². The lowest BCUT2D eigenvalue weighted by Gasteiger charge is -2.20. The number of nitrogens with zero attached hydrogens (tertiary/aromatic N) is 4. The molecule has 0 amide bonds. The van der Waals surface area contributed by atoms with Gasteiger partial charge in [0.05, 0.1) is 12.2 Å². The number of aryl methyl sites for hydroxylation is 1. The van der Waals surface area contributed by atoms with E-state index in [1.54, 1.807) is 0 Å². The molecule has 3 aromatic rings. The first-order valence-corrected chi connectivity index (χ1v) is 9.43. The van der Waals surface area contributed by atoms with Crippen LogP contribution in [-0.2, 0) is 6.54 Å². The normalized spacial score (nSPS) is 16.9. The van der Waals surface area contributed by atoms with Crippen LogP contribution in [0.2, 0.25) is 0 Å². The Bertz CT molecular complexity index is 936. The molecule has 0 aliphatic carbocycles. The van der Waals surface area contributed by atoms with Crippen molar-refractivity contribution in [2.45, 2.75) is 25.9 Å². The minimum Gasteiger partial charge on any atom is -0.369 e. The van der Waals surface area contributed by atoms with Crippen LogP contribution >= 0.6 is 24.0 Å². The van der Waals surface area contributed by atoms with Crippen LogP contribution in [0.4, 0.5) is 5.69 Å². The molecule has 7 heteroatoms. The fourth-order valence-electron chi connectivity index (χ4n) is 3.54. The molecule has 2 aromatic heterocycles. The Hall–Kier alpha value is -2.29. The molecule has 2 N–H and O–H groups in total. The lowest BCUT2D eigenvalue weighted by atomic mass is 10.3. The average molecular weight is 490 g/mol. The summed E-state index contributed by atoms with van der Waals surface area (Å²) in [7, 11) is 1.81. The van der Waals surface area contributed by atoms with Gasteiger partial charge in [-0.2, -0.15) is 0 Å². The number of benzene rings is 1. The Morgan fingerprint density at radius 1 is 1.25 bits per heavy atom. The van der Waals surface area contributed by atoms with Crippen molar-refractivity contribution in [2.24, 2.45) is 4.99 Å². The molecule has 148 valence electrons. The highest BCUT2D eigenvalue weighted by molar-refractivity contribution is 14.0. The second-order valence-corrected chi connectivity index (χ2v) is 7.04. The van der Waals surface area contributed by atoms with Crippen molar-refractivity contribution in [3.8, 4) is 0 Å². The van der Waals surface area contributed by atoms with E-state index in [0.29, 0.717) is 12.6 Å². The molecule has 1 saturated heterocycles. The zero-order chi connectivity index (χ0) is 18.6. The third-order valence-electron chi connectivity index (χ3n) is 4.98. The summed E-state index contributed by atoms with van der Waals surface area (Å²) in [5.41, 5.74) is 4.48. The molecule has 0 bridgehead atoms. The van der Waals surface area contributed by atoms with Crippen molar-refractivity contribution in [1.29, 1.82) is 0 Å². The molecule has 1 aliphatic rings. The number of halogens is 1. The summed E-state index contributed by atoms with van der Waals surface area (Å²) in [6.07, 6.45) is 5.20. The maximum Gasteiger partial charge on any atom is 0.191 e. The first-order chi connectivity index (χ1) is 13.2. The number of hydrogen-bond acceptors (Lipinski definition) is 3. The topological polar surface area (TPSA) is 57.0 Å². The van der Waals surface area contributed by atoms with Crippen molar-refractivity contribution in [3.05, 3.63) is 66.1 Å². The summed E-state index contributed by atoms with van der Waals surface area (Å²) < 4.78 is 2.05. The summed E-state index contributed by atoms with van der Waals surface area (Å²) in [4.78, 5) is 11.5. The average Bonchev–Trinajstić information content (AvgIpc) is 3.32. The third-order valence-corrected chi connectivity index (χ3v) is 4.98.